The SMILES string of the molecule is CCCNC(=O)Nc1c(-c2ccc(C)cc2)nc2ccccn12. The van der Waals surface area contributed by atoms with Crippen LogP contribution in [0.25, 0.3) is 16.9 Å². The van der Waals surface area contributed by atoms with Crippen molar-refractivity contribution in [1.29, 1.82) is 0 Å². The van der Waals surface area contributed by atoms with Crippen molar-refractivity contribution in [3.8, 4) is 11.3 Å². The van der Waals surface area contributed by atoms with Crippen LogP contribution >= 0.6 is 0 Å². The molecule has 0 aliphatic heterocycles. The van der Waals surface area contributed by atoms with Crippen LogP contribution in [-0.2, 0) is 0 Å². The molecule has 0 radical (unpaired) electrons. The number of carbonyl (C=O) groups is 1. The molecule has 2 N–H and O–H groups in total. The quantitative estimate of drug-likeness (QED) is 0.769. The molecule has 2 amide bonds. The van der Waals surface area contributed by atoms with Gasteiger partial charge in [0.15, 0.2) is 0 Å². The monoisotopic (exact) mass is 308 g/mol. The highest BCUT2D eigenvalue weighted by molar-refractivity contribution is 5.93. The zero-order valence-corrected chi connectivity index (χ0v) is 13.3. The molecular formula is C18H20N4O. The summed E-state index contributed by atoms with van der Waals surface area (Å²) in [5.41, 5.74) is 3.73. The predicted octanol–water partition coefficient (Wildman–Crippen LogP) is 3.84. The summed E-state index contributed by atoms with van der Waals surface area (Å²) >= 11 is 0. The molecular weight excluding hydrogens is 288 g/mol. The first kappa shape index (κ1) is 15.1. The summed E-state index contributed by atoms with van der Waals surface area (Å²) in [5, 5.41) is 5.76. The average Bonchev–Trinajstić information content (AvgIpc) is 2.92. The molecule has 0 aliphatic rings. The van der Waals surface area contributed by atoms with E-state index in [2.05, 4.69) is 15.6 Å². The maximum Gasteiger partial charge on any atom is 0.320 e. The Hall–Kier alpha value is -2.82. The summed E-state index contributed by atoms with van der Waals surface area (Å²) in [7, 11) is 0. The molecule has 3 rings (SSSR count). The predicted molar refractivity (Wildman–Crippen MR) is 92.7 cm³/mol. The Morgan fingerprint density at radius 3 is 2.70 bits per heavy atom. The van der Waals surface area contributed by atoms with Crippen LogP contribution < -0.4 is 10.6 Å². The van der Waals surface area contributed by atoms with Crippen molar-refractivity contribution in [2.45, 2.75) is 20.3 Å². The molecule has 5 nitrogen and oxygen atoms in total. The molecule has 2 aromatic heterocycles. The van der Waals surface area contributed by atoms with Crippen molar-refractivity contribution >= 4 is 17.5 Å². The van der Waals surface area contributed by atoms with E-state index >= 15 is 0 Å². The largest absolute Gasteiger partial charge is 0.338 e. The third-order valence-electron chi connectivity index (χ3n) is 3.62. The number of rotatable bonds is 4. The first-order valence-corrected chi connectivity index (χ1v) is 7.78. The highest BCUT2D eigenvalue weighted by Gasteiger charge is 2.15. The Balaban J connectivity index is 2.04. The topological polar surface area (TPSA) is 58.4 Å². The van der Waals surface area contributed by atoms with E-state index in [1.165, 1.54) is 5.56 Å². The van der Waals surface area contributed by atoms with Crippen molar-refractivity contribution in [2.75, 3.05) is 11.9 Å². The van der Waals surface area contributed by atoms with Crippen LogP contribution in [0, 0.1) is 6.92 Å². The van der Waals surface area contributed by atoms with Gasteiger partial charge in [0.05, 0.1) is 0 Å². The second-order valence-electron chi connectivity index (χ2n) is 5.48. The minimum atomic E-state index is -0.217. The molecule has 1 aromatic carbocycles. The van der Waals surface area contributed by atoms with Gasteiger partial charge < -0.3 is 5.32 Å². The number of hydrogen-bond donors (Lipinski definition) is 2. The number of hydrogen-bond acceptors (Lipinski definition) is 2. The van der Waals surface area contributed by atoms with Crippen molar-refractivity contribution in [1.82, 2.24) is 14.7 Å². The van der Waals surface area contributed by atoms with E-state index in [0.29, 0.717) is 12.4 Å². The molecule has 118 valence electrons. The smallest absolute Gasteiger partial charge is 0.320 e. The molecule has 0 spiro atoms. The maximum atomic E-state index is 12.1. The van der Waals surface area contributed by atoms with Crippen LogP contribution in [0.15, 0.2) is 48.7 Å². The molecule has 5 heteroatoms. The number of imidazole rings is 1. The first-order chi connectivity index (χ1) is 11.2. The molecule has 0 atom stereocenters. The molecule has 0 saturated carbocycles. The Morgan fingerprint density at radius 1 is 1.17 bits per heavy atom. The summed E-state index contributed by atoms with van der Waals surface area (Å²) < 4.78 is 1.89. The van der Waals surface area contributed by atoms with Gasteiger partial charge in [-0.25, -0.2) is 9.78 Å². The number of aromatic nitrogens is 2. The maximum absolute atomic E-state index is 12.1. The van der Waals surface area contributed by atoms with Gasteiger partial charge in [-0.15, -0.1) is 0 Å². The van der Waals surface area contributed by atoms with Gasteiger partial charge in [0.25, 0.3) is 0 Å². The molecule has 0 saturated heterocycles. The van der Waals surface area contributed by atoms with Crippen LogP contribution in [0.3, 0.4) is 0 Å². The lowest BCUT2D eigenvalue weighted by atomic mass is 10.1. The van der Waals surface area contributed by atoms with Crippen molar-refractivity contribution in [3.05, 3.63) is 54.2 Å². The molecule has 0 bridgehead atoms. The first-order valence-electron chi connectivity index (χ1n) is 7.78. The van der Waals surface area contributed by atoms with Crippen LogP contribution in [-0.4, -0.2) is 22.0 Å². The Labute approximate surface area is 135 Å². The number of carbonyl (C=O) groups excluding carboxylic acids is 1. The Kier molecular flexibility index (Phi) is 4.28. The van der Waals surface area contributed by atoms with E-state index in [0.717, 1.165) is 23.3 Å². The van der Waals surface area contributed by atoms with Crippen LogP contribution in [0.4, 0.5) is 10.6 Å². The highest BCUT2D eigenvalue weighted by atomic mass is 16.2. The summed E-state index contributed by atoms with van der Waals surface area (Å²) in [4.78, 5) is 16.8. The fraction of sp³-hybridized carbons (Fsp3) is 0.222. The van der Waals surface area contributed by atoms with Gasteiger partial charge in [-0.2, -0.15) is 0 Å². The minimum absolute atomic E-state index is 0.217. The van der Waals surface area contributed by atoms with Gasteiger partial charge in [-0.3, -0.25) is 9.72 Å². The Morgan fingerprint density at radius 2 is 1.96 bits per heavy atom. The van der Waals surface area contributed by atoms with Crippen LogP contribution in [0.1, 0.15) is 18.9 Å². The van der Waals surface area contributed by atoms with Crippen LogP contribution in [0.5, 0.6) is 0 Å². The lowest BCUT2D eigenvalue weighted by Crippen LogP contribution is -2.29. The molecule has 0 fully saturated rings. The summed E-state index contributed by atoms with van der Waals surface area (Å²) in [6, 6.07) is 13.7. The number of nitrogens with one attached hydrogen (secondary N) is 2. The second-order valence-corrected chi connectivity index (χ2v) is 5.48. The zero-order chi connectivity index (χ0) is 16.2. The van der Waals surface area contributed by atoms with Gasteiger partial charge in [0, 0.05) is 18.3 Å². The van der Waals surface area contributed by atoms with E-state index < -0.39 is 0 Å². The number of amides is 2. The standard InChI is InChI=1S/C18H20N4O/c1-3-11-19-18(23)21-17-16(14-9-7-13(2)8-10-14)20-15-6-4-5-12-22(15)17/h4-10,12H,3,11H2,1-2H3,(H2,19,21,23). The Bertz CT molecular complexity index is 821. The molecule has 0 unspecified atom stereocenters. The number of anilines is 1. The molecule has 0 aliphatic carbocycles. The number of urea groups is 1. The normalized spacial score (nSPS) is 10.7. The van der Waals surface area contributed by atoms with Crippen molar-refractivity contribution in [2.24, 2.45) is 0 Å². The lowest BCUT2D eigenvalue weighted by Gasteiger charge is -2.09. The van der Waals surface area contributed by atoms with Gasteiger partial charge >= 0.3 is 6.03 Å². The minimum Gasteiger partial charge on any atom is -0.338 e. The third kappa shape index (κ3) is 3.18. The summed E-state index contributed by atoms with van der Waals surface area (Å²) in [6.07, 6.45) is 2.79. The van der Waals surface area contributed by atoms with E-state index in [9.17, 15) is 4.79 Å². The molecule has 23 heavy (non-hydrogen) atoms. The summed E-state index contributed by atoms with van der Waals surface area (Å²) in [5.74, 6) is 0.679. The van der Waals surface area contributed by atoms with E-state index in [1.54, 1.807) is 0 Å². The number of aryl methyl sites for hydroxylation is 1. The van der Waals surface area contributed by atoms with Crippen molar-refractivity contribution in [3.63, 3.8) is 0 Å². The number of benzene rings is 1. The number of pyridine rings is 1. The van der Waals surface area contributed by atoms with Gasteiger partial charge in [0.2, 0.25) is 0 Å². The summed E-state index contributed by atoms with van der Waals surface area (Å²) in [6.45, 7) is 4.71. The van der Waals surface area contributed by atoms with Gasteiger partial charge in [0.1, 0.15) is 17.2 Å². The van der Waals surface area contributed by atoms with E-state index in [1.807, 2.05) is 66.9 Å². The molecule has 2 heterocycles. The average molecular weight is 308 g/mol. The fourth-order valence-electron chi connectivity index (χ4n) is 2.42. The van der Waals surface area contributed by atoms with Gasteiger partial charge in [-0.05, 0) is 25.5 Å². The highest BCUT2D eigenvalue weighted by Crippen LogP contribution is 2.28. The van der Waals surface area contributed by atoms with Crippen molar-refractivity contribution < 1.29 is 4.79 Å². The number of nitrogens with zero attached hydrogens (tertiary/aromatic N) is 2. The second kappa shape index (κ2) is 6.52. The fourth-order valence-corrected chi connectivity index (χ4v) is 2.42. The van der Waals surface area contributed by atoms with Crippen LogP contribution in [0.2, 0.25) is 0 Å². The van der Waals surface area contributed by atoms with Gasteiger partial charge in [-0.1, -0.05) is 42.8 Å². The van der Waals surface area contributed by atoms with E-state index in [4.69, 9.17) is 0 Å². The number of fused-ring (bicyclic) bond motifs is 1. The van der Waals surface area contributed by atoms with E-state index in [-0.39, 0.29) is 6.03 Å². The lowest BCUT2D eigenvalue weighted by molar-refractivity contribution is 0.252. The molecule has 3 aromatic rings. The zero-order valence-electron chi connectivity index (χ0n) is 13.3. The third-order valence-corrected chi connectivity index (χ3v) is 3.62.